The number of amides is 1. The Labute approximate surface area is 118 Å². The molecule has 2 N–H and O–H groups in total. The molecular formula is C15H31N3O. The quantitative estimate of drug-likeness (QED) is 0.735. The summed E-state index contributed by atoms with van der Waals surface area (Å²) in [5.41, 5.74) is 0. The van der Waals surface area contributed by atoms with Crippen LogP contribution in [0, 0.1) is 11.8 Å². The summed E-state index contributed by atoms with van der Waals surface area (Å²) in [6.07, 6.45) is 3.42. The number of likely N-dealkylation sites (N-methyl/N-ethyl adjacent to an activating group) is 1. The van der Waals surface area contributed by atoms with Crippen LogP contribution in [0.2, 0.25) is 0 Å². The molecule has 0 aromatic rings. The molecular weight excluding hydrogens is 238 g/mol. The Morgan fingerprint density at radius 2 is 2.00 bits per heavy atom. The lowest BCUT2D eigenvalue weighted by Crippen LogP contribution is -2.49. The third-order valence-corrected chi connectivity index (χ3v) is 4.56. The van der Waals surface area contributed by atoms with Crippen molar-refractivity contribution in [2.75, 3.05) is 27.2 Å². The maximum absolute atomic E-state index is 12.2. The highest BCUT2D eigenvalue weighted by molar-refractivity contribution is 5.82. The number of nitrogens with zero attached hydrogens (tertiary/aromatic N) is 1. The Kier molecular flexibility index (Phi) is 6.80. The first kappa shape index (κ1) is 16.4. The van der Waals surface area contributed by atoms with Gasteiger partial charge in [-0.2, -0.15) is 0 Å². The first-order valence-corrected chi connectivity index (χ1v) is 7.68. The van der Waals surface area contributed by atoms with Crippen LogP contribution in [0.1, 0.15) is 40.0 Å². The highest BCUT2D eigenvalue weighted by Crippen LogP contribution is 2.17. The van der Waals surface area contributed by atoms with Crippen LogP contribution in [0.3, 0.4) is 0 Å². The summed E-state index contributed by atoms with van der Waals surface area (Å²) >= 11 is 0. The van der Waals surface area contributed by atoms with Crippen LogP contribution in [0.5, 0.6) is 0 Å². The van der Waals surface area contributed by atoms with Gasteiger partial charge in [0.1, 0.15) is 0 Å². The van der Waals surface area contributed by atoms with Crippen molar-refractivity contribution >= 4 is 5.91 Å². The number of hydrogen-bond acceptors (Lipinski definition) is 3. The monoisotopic (exact) mass is 269 g/mol. The standard InChI is InChI=1S/C15H31N3O/c1-6-12(7-2)13(18(4)5)10-17-15(19)14-11(3)8-9-16-14/h11-14,16H,6-10H2,1-5H3,(H,17,19). The fourth-order valence-corrected chi connectivity index (χ4v) is 3.10. The first-order chi connectivity index (χ1) is 9.01. The smallest absolute Gasteiger partial charge is 0.237 e. The minimum Gasteiger partial charge on any atom is -0.353 e. The van der Waals surface area contributed by atoms with Crippen molar-refractivity contribution in [2.24, 2.45) is 11.8 Å². The van der Waals surface area contributed by atoms with E-state index in [1.165, 1.54) is 0 Å². The summed E-state index contributed by atoms with van der Waals surface area (Å²) in [5, 5.41) is 6.43. The fraction of sp³-hybridized carbons (Fsp3) is 0.933. The van der Waals surface area contributed by atoms with Crippen LogP contribution in [0.15, 0.2) is 0 Å². The van der Waals surface area contributed by atoms with Crippen LogP contribution in [0.4, 0.5) is 0 Å². The second-order valence-corrected chi connectivity index (χ2v) is 6.05. The lowest BCUT2D eigenvalue weighted by molar-refractivity contribution is -0.123. The van der Waals surface area contributed by atoms with Crippen molar-refractivity contribution < 1.29 is 4.79 Å². The van der Waals surface area contributed by atoms with E-state index in [0.29, 0.717) is 17.9 Å². The lowest BCUT2D eigenvalue weighted by atomic mass is 9.93. The Balaban J connectivity index is 2.49. The van der Waals surface area contributed by atoms with Gasteiger partial charge < -0.3 is 15.5 Å². The third kappa shape index (κ3) is 4.46. The summed E-state index contributed by atoms with van der Waals surface area (Å²) in [6.45, 7) is 8.32. The zero-order valence-electron chi connectivity index (χ0n) is 13.2. The summed E-state index contributed by atoms with van der Waals surface area (Å²) < 4.78 is 0. The molecule has 4 nitrogen and oxygen atoms in total. The molecule has 0 aromatic carbocycles. The van der Waals surface area contributed by atoms with Crippen LogP contribution >= 0.6 is 0 Å². The van der Waals surface area contributed by atoms with E-state index in [0.717, 1.165) is 32.4 Å². The van der Waals surface area contributed by atoms with Gasteiger partial charge >= 0.3 is 0 Å². The average molecular weight is 269 g/mol. The van der Waals surface area contributed by atoms with Crippen LogP contribution in [0.25, 0.3) is 0 Å². The molecule has 4 heteroatoms. The second-order valence-electron chi connectivity index (χ2n) is 6.05. The molecule has 19 heavy (non-hydrogen) atoms. The third-order valence-electron chi connectivity index (χ3n) is 4.56. The molecule has 0 aliphatic carbocycles. The first-order valence-electron chi connectivity index (χ1n) is 7.68. The van der Waals surface area contributed by atoms with Crippen LogP contribution in [-0.2, 0) is 4.79 Å². The zero-order chi connectivity index (χ0) is 14.4. The van der Waals surface area contributed by atoms with E-state index >= 15 is 0 Å². The van der Waals surface area contributed by atoms with Gasteiger partial charge in [-0.15, -0.1) is 0 Å². The summed E-state index contributed by atoms with van der Waals surface area (Å²) in [6, 6.07) is 0.431. The van der Waals surface area contributed by atoms with Gasteiger partial charge in [0.05, 0.1) is 6.04 Å². The van der Waals surface area contributed by atoms with Gasteiger partial charge in [0, 0.05) is 12.6 Å². The molecule has 0 spiro atoms. The Bertz CT molecular complexity index is 277. The highest BCUT2D eigenvalue weighted by atomic mass is 16.2. The molecule has 112 valence electrons. The van der Waals surface area contributed by atoms with Gasteiger partial charge in [-0.1, -0.05) is 33.6 Å². The molecule has 0 saturated carbocycles. The number of nitrogens with one attached hydrogen (secondary N) is 2. The topological polar surface area (TPSA) is 44.4 Å². The van der Waals surface area contributed by atoms with Crippen molar-refractivity contribution in [1.29, 1.82) is 0 Å². The number of carbonyl (C=O) groups excluding carboxylic acids is 1. The van der Waals surface area contributed by atoms with Crippen molar-refractivity contribution in [2.45, 2.75) is 52.1 Å². The Morgan fingerprint density at radius 1 is 1.37 bits per heavy atom. The minimum atomic E-state index is 0.00418. The van der Waals surface area contributed by atoms with Crippen LogP contribution < -0.4 is 10.6 Å². The molecule has 1 amide bonds. The van der Waals surface area contributed by atoms with E-state index in [2.05, 4.69) is 50.4 Å². The molecule has 3 atom stereocenters. The Hall–Kier alpha value is -0.610. The average Bonchev–Trinajstić information content (AvgIpc) is 2.80. The maximum Gasteiger partial charge on any atom is 0.237 e. The molecule has 0 aromatic heterocycles. The van der Waals surface area contributed by atoms with Gasteiger partial charge in [0.15, 0.2) is 0 Å². The molecule has 1 saturated heterocycles. The van der Waals surface area contributed by atoms with E-state index in [4.69, 9.17) is 0 Å². The number of hydrogen-bond donors (Lipinski definition) is 2. The molecule has 1 rings (SSSR count). The predicted molar refractivity (Wildman–Crippen MR) is 80.1 cm³/mol. The van der Waals surface area contributed by atoms with Gasteiger partial charge in [-0.05, 0) is 38.9 Å². The van der Waals surface area contributed by atoms with E-state index in [1.54, 1.807) is 0 Å². The summed E-state index contributed by atoms with van der Waals surface area (Å²) in [7, 11) is 4.21. The van der Waals surface area contributed by atoms with Crippen molar-refractivity contribution in [3.8, 4) is 0 Å². The van der Waals surface area contributed by atoms with Crippen molar-refractivity contribution in [3.05, 3.63) is 0 Å². The van der Waals surface area contributed by atoms with E-state index in [9.17, 15) is 4.79 Å². The SMILES string of the molecule is CCC(CC)C(CNC(=O)C1NCCC1C)N(C)C. The van der Waals surface area contributed by atoms with Crippen molar-refractivity contribution in [3.63, 3.8) is 0 Å². The van der Waals surface area contributed by atoms with Gasteiger partial charge in [0.25, 0.3) is 0 Å². The van der Waals surface area contributed by atoms with Gasteiger partial charge in [-0.3, -0.25) is 4.79 Å². The lowest BCUT2D eigenvalue weighted by Gasteiger charge is -2.32. The van der Waals surface area contributed by atoms with E-state index < -0.39 is 0 Å². The molecule has 1 aliphatic heterocycles. The molecule has 1 heterocycles. The summed E-state index contributed by atoms with van der Waals surface area (Å²) in [4.78, 5) is 14.4. The summed E-state index contributed by atoms with van der Waals surface area (Å²) in [5.74, 6) is 1.26. The minimum absolute atomic E-state index is 0.00418. The van der Waals surface area contributed by atoms with Crippen LogP contribution in [-0.4, -0.2) is 50.1 Å². The highest BCUT2D eigenvalue weighted by Gasteiger charge is 2.30. The van der Waals surface area contributed by atoms with E-state index in [1.807, 2.05) is 0 Å². The zero-order valence-corrected chi connectivity index (χ0v) is 13.2. The second kappa shape index (κ2) is 7.85. The Morgan fingerprint density at radius 3 is 2.42 bits per heavy atom. The predicted octanol–water partition coefficient (Wildman–Crippen LogP) is 1.47. The molecule has 0 bridgehead atoms. The maximum atomic E-state index is 12.2. The number of rotatable bonds is 7. The van der Waals surface area contributed by atoms with Crippen molar-refractivity contribution in [1.82, 2.24) is 15.5 Å². The molecule has 0 radical (unpaired) electrons. The number of carbonyl (C=O) groups is 1. The largest absolute Gasteiger partial charge is 0.353 e. The molecule has 1 aliphatic rings. The van der Waals surface area contributed by atoms with Gasteiger partial charge in [0.2, 0.25) is 5.91 Å². The van der Waals surface area contributed by atoms with E-state index in [-0.39, 0.29) is 11.9 Å². The molecule has 1 fully saturated rings. The normalized spacial score (nSPS) is 25.0. The van der Waals surface area contributed by atoms with Gasteiger partial charge in [-0.25, -0.2) is 0 Å². The molecule has 3 unspecified atom stereocenters. The fourth-order valence-electron chi connectivity index (χ4n) is 3.10.